The lowest BCUT2D eigenvalue weighted by atomic mass is 10.1. The van der Waals surface area contributed by atoms with Crippen LogP contribution in [-0.2, 0) is 6.42 Å². The van der Waals surface area contributed by atoms with Crippen molar-refractivity contribution in [2.75, 3.05) is 42.5 Å². The van der Waals surface area contributed by atoms with Crippen LogP contribution in [0.4, 0.5) is 11.8 Å². The second-order valence-corrected chi connectivity index (χ2v) is 6.92. The van der Waals surface area contributed by atoms with Crippen LogP contribution in [0.2, 0.25) is 0 Å². The van der Waals surface area contributed by atoms with Crippen LogP contribution < -0.4 is 15.1 Å². The third-order valence-electron chi connectivity index (χ3n) is 4.99. The highest BCUT2D eigenvalue weighted by atomic mass is 16.1. The average molecular weight is 388 g/mol. The fraction of sp³-hybridized carbons (Fsp3) is 0.273. The minimum Gasteiger partial charge on any atom is -0.353 e. The number of carbonyl (C=O) groups is 1. The predicted molar refractivity (Wildman–Crippen MR) is 113 cm³/mol. The summed E-state index contributed by atoms with van der Waals surface area (Å²) in [6, 6.07) is 15.6. The zero-order valence-corrected chi connectivity index (χ0v) is 16.2. The maximum atomic E-state index is 12.5. The van der Waals surface area contributed by atoms with Gasteiger partial charge < -0.3 is 15.1 Å². The number of piperazine rings is 1. The van der Waals surface area contributed by atoms with Crippen molar-refractivity contribution in [2.24, 2.45) is 0 Å². The van der Waals surface area contributed by atoms with Gasteiger partial charge in [0.15, 0.2) is 0 Å². The number of benzene rings is 1. The lowest BCUT2D eigenvalue weighted by Gasteiger charge is -2.35. The van der Waals surface area contributed by atoms with E-state index in [4.69, 9.17) is 0 Å². The summed E-state index contributed by atoms with van der Waals surface area (Å²) in [4.78, 5) is 30.0. The Bertz CT molecular complexity index is 926. The summed E-state index contributed by atoms with van der Waals surface area (Å²) in [7, 11) is 0. The Morgan fingerprint density at radius 2 is 1.59 bits per heavy atom. The molecular formula is C22H24N6O. The molecule has 1 fully saturated rings. The van der Waals surface area contributed by atoms with E-state index in [1.807, 2.05) is 30.3 Å². The second kappa shape index (κ2) is 9.14. The summed E-state index contributed by atoms with van der Waals surface area (Å²) in [5, 5.41) is 3.00. The number of pyridine rings is 1. The van der Waals surface area contributed by atoms with Crippen molar-refractivity contribution >= 4 is 17.7 Å². The first-order valence-electron chi connectivity index (χ1n) is 9.85. The topological polar surface area (TPSA) is 74.2 Å². The van der Waals surface area contributed by atoms with Crippen molar-refractivity contribution in [2.45, 2.75) is 6.42 Å². The number of rotatable bonds is 6. The SMILES string of the molecule is O=C(NCCc1ccccc1)c1ccnc(N2CCN(c3ncccn3)CC2)c1. The standard InChI is InChI=1S/C22H24N6O/c29-21(24-11-7-18-5-2-1-3-6-18)19-8-12-23-20(17-19)27-13-15-28(16-14-27)22-25-9-4-10-26-22/h1-6,8-10,12,17H,7,11,13-16H2,(H,24,29). The van der Waals surface area contributed by atoms with E-state index < -0.39 is 0 Å². The molecule has 0 atom stereocenters. The van der Waals surface area contributed by atoms with Crippen molar-refractivity contribution in [3.8, 4) is 0 Å². The van der Waals surface area contributed by atoms with Crippen molar-refractivity contribution < 1.29 is 4.79 Å². The van der Waals surface area contributed by atoms with Gasteiger partial charge in [-0.2, -0.15) is 0 Å². The predicted octanol–water partition coefficient (Wildman–Crippen LogP) is 2.17. The number of aromatic nitrogens is 3. The molecule has 0 saturated carbocycles. The van der Waals surface area contributed by atoms with Crippen LogP contribution in [0.5, 0.6) is 0 Å². The smallest absolute Gasteiger partial charge is 0.251 e. The maximum absolute atomic E-state index is 12.5. The number of hydrogen-bond acceptors (Lipinski definition) is 6. The van der Waals surface area contributed by atoms with Crippen LogP contribution in [0, 0.1) is 0 Å². The number of amides is 1. The monoisotopic (exact) mass is 388 g/mol. The molecule has 1 amide bonds. The molecular weight excluding hydrogens is 364 g/mol. The zero-order valence-electron chi connectivity index (χ0n) is 16.2. The Morgan fingerprint density at radius 1 is 0.862 bits per heavy atom. The fourth-order valence-electron chi connectivity index (χ4n) is 3.39. The van der Waals surface area contributed by atoms with Gasteiger partial charge in [0, 0.05) is 56.9 Å². The van der Waals surface area contributed by atoms with E-state index in [0.717, 1.165) is 44.4 Å². The van der Waals surface area contributed by atoms with Gasteiger partial charge in [0.25, 0.3) is 5.91 Å². The lowest BCUT2D eigenvalue weighted by Crippen LogP contribution is -2.47. The van der Waals surface area contributed by atoms with Gasteiger partial charge in [-0.3, -0.25) is 4.79 Å². The van der Waals surface area contributed by atoms with Gasteiger partial charge in [-0.05, 0) is 30.2 Å². The van der Waals surface area contributed by atoms with Crippen molar-refractivity contribution in [3.05, 3.63) is 78.2 Å². The molecule has 1 aliphatic heterocycles. The molecule has 1 aromatic carbocycles. The van der Waals surface area contributed by atoms with E-state index in [0.29, 0.717) is 12.1 Å². The van der Waals surface area contributed by atoms with Gasteiger partial charge in [-0.25, -0.2) is 15.0 Å². The van der Waals surface area contributed by atoms with Crippen LogP contribution in [0.1, 0.15) is 15.9 Å². The molecule has 3 aromatic rings. The zero-order chi connectivity index (χ0) is 19.9. The van der Waals surface area contributed by atoms with E-state index in [2.05, 4.69) is 42.2 Å². The molecule has 0 radical (unpaired) electrons. The van der Waals surface area contributed by atoms with Gasteiger partial charge in [0.05, 0.1) is 0 Å². The summed E-state index contributed by atoms with van der Waals surface area (Å²) < 4.78 is 0. The average Bonchev–Trinajstić information content (AvgIpc) is 2.80. The van der Waals surface area contributed by atoms with Gasteiger partial charge in [0.2, 0.25) is 5.95 Å². The van der Waals surface area contributed by atoms with E-state index >= 15 is 0 Å². The minimum absolute atomic E-state index is 0.0686. The molecule has 0 unspecified atom stereocenters. The third kappa shape index (κ3) is 4.87. The molecule has 1 N–H and O–H groups in total. The lowest BCUT2D eigenvalue weighted by molar-refractivity contribution is 0.0954. The van der Waals surface area contributed by atoms with E-state index in [1.54, 1.807) is 24.7 Å². The highest BCUT2D eigenvalue weighted by molar-refractivity contribution is 5.94. The first-order chi connectivity index (χ1) is 14.3. The molecule has 7 nitrogen and oxygen atoms in total. The fourth-order valence-corrected chi connectivity index (χ4v) is 3.39. The summed E-state index contributed by atoms with van der Waals surface area (Å²) in [6.07, 6.45) is 6.04. The number of hydrogen-bond donors (Lipinski definition) is 1. The second-order valence-electron chi connectivity index (χ2n) is 6.92. The molecule has 148 valence electrons. The molecule has 7 heteroatoms. The molecule has 3 heterocycles. The number of carbonyl (C=O) groups excluding carboxylic acids is 1. The first kappa shape index (κ1) is 18.9. The van der Waals surface area contributed by atoms with Crippen molar-refractivity contribution in [1.29, 1.82) is 0 Å². The molecule has 0 spiro atoms. The normalized spacial score (nSPS) is 13.9. The molecule has 0 aliphatic carbocycles. The summed E-state index contributed by atoms with van der Waals surface area (Å²) >= 11 is 0. The number of nitrogens with zero attached hydrogens (tertiary/aromatic N) is 5. The first-order valence-corrected chi connectivity index (χ1v) is 9.85. The molecule has 1 aliphatic rings. The molecule has 29 heavy (non-hydrogen) atoms. The summed E-state index contributed by atoms with van der Waals surface area (Å²) in [5.74, 6) is 1.52. The third-order valence-corrected chi connectivity index (χ3v) is 4.99. The van der Waals surface area contributed by atoms with Crippen LogP contribution >= 0.6 is 0 Å². The highest BCUT2D eigenvalue weighted by Crippen LogP contribution is 2.17. The molecule has 0 bridgehead atoms. The number of anilines is 2. The minimum atomic E-state index is -0.0686. The number of nitrogens with one attached hydrogen (secondary N) is 1. The van der Waals surface area contributed by atoms with Crippen LogP contribution in [-0.4, -0.2) is 53.6 Å². The Balaban J connectivity index is 1.32. The summed E-state index contributed by atoms with van der Waals surface area (Å²) in [5.41, 5.74) is 1.85. The Kier molecular flexibility index (Phi) is 5.95. The summed E-state index contributed by atoms with van der Waals surface area (Å²) in [6.45, 7) is 3.86. The largest absolute Gasteiger partial charge is 0.353 e. The van der Waals surface area contributed by atoms with Gasteiger partial charge in [0.1, 0.15) is 5.82 Å². The van der Waals surface area contributed by atoms with Crippen LogP contribution in [0.3, 0.4) is 0 Å². The Morgan fingerprint density at radius 3 is 2.34 bits per heavy atom. The highest BCUT2D eigenvalue weighted by Gasteiger charge is 2.20. The van der Waals surface area contributed by atoms with Crippen LogP contribution in [0.25, 0.3) is 0 Å². The Hall–Kier alpha value is -3.48. The molecule has 4 rings (SSSR count). The van der Waals surface area contributed by atoms with Crippen LogP contribution in [0.15, 0.2) is 67.1 Å². The van der Waals surface area contributed by atoms with Gasteiger partial charge in [-0.1, -0.05) is 30.3 Å². The Labute approximate surface area is 170 Å². The van der Waals surface area contributed by atoms with Crippen molar-refractivity contribution in [1.82, 2.24) is 20.3 Å². The van der Waals surface area contributed by atoms with E-state index in [-0.39, 0.29) is 5.91 Å². The maximum Gasteiger partial charge on any atom is 0.251 e. The quantitative estimate of drug-likeness (QED) is 0.698. The van der Waals surface area contributed by atoms with Crippen molar-refractivity contribution in [3.63, 3.8) is 0 Å². The van der Waals surface area contributed by atoms with Gasteiger partial charge in [-0.15, -0.1) is 0 Å². The molecule has 2 aromatic heterocycles. The van der Waals surface area contributed by atoms with E-state index in [9.17, 15) is 4.79 Å². The van der Waals surface area contributed by atoms with E-state index in [1.165, 1.54) is 5.56 Å². The molecule has 1 saturated heterocycles. The van der Waals surface area contributed by atoms with Gasteiger partial charge >= 0.3 is 0 Å².